The van der Waals surface area contributed by atoms with Crippen LogP contribution in [0.4, 0.5) is 10.5 Å². The van der Waals surface area contributed by atoms with Crippen LogP contribution in [0.5, 0.6) is 0 Å². The van der Waals surface area contributed by atoms with Gasteiger partial charge in [0.15, 0.2) is 0 Å². The quantitative estimate of drug-likeness (QED) is 0.808. The zero-order valence-corrected chi connectivity index (χ0v) is 11.3. The summed E-state index contributed by atoms with van der Waals surface area (Å²) >= 11 is 5.71. The summed E-state index contributed by atoms with van der Waals surface area (Å²) in [7, 11) is 0. The van der Waals surface area contributed by atoms with Crippen LogP contribution < -0.4 is 5.32 Å². The Hall–Kier alpha value is -1.26. The second-order valence-corrected chi connectivity index (χ2v) is 4.36. The smallest absolute Gasteiger partial charge is 0.412 e. The van der Waals surface area contributed by atoms with Gasteiger partial charge in [0.25, 0.3) is 0 Å². The van der Waals surface area contributed by atoms with Gasteiger partial charge in [-0.05, 0) is 26.0 Å². The molecule has 1 aromatic rings. The Labute approximate surface area is 112 Å². The largest absolute Gasteiger partial charge is 0.442 e. The van der Waals surface area contributed by atoms with Crippen molar-refractivity contribution in [1.29, 1.82) is 0 Å². The molecule has 4 nitrogen and oxygen atoms in total. The minimum Gasteiger partial charge on any atom is -0.442 e. The summed E-state index contributed by atoms with van der Waals surface area (Å²) < 4.78 is 10.5. The van der Waals surface area contributed by atoms with Crippen LogP contribution in [0.25, 0.3) is 0 Å². The zero-order chi connectivity index (χ0) is 13.4. The molecule has 1 aromatic carbocycles. The number of alkyl halides is 1. The van der Waals surface area contributed by atoms with E-state index in [1.165, 1.54) is 0 Å². The molecule has 1 rings (SSSR count). The van der Waals surface area contributed by atoms with E-state index in [4.69, 9.17) is 21.1 Å². The first-order valence-electron chi connectivity index (χ1n) is 5.82. The van der Waals surface area contributed by atoms with Gasteiger partial charge in [0.1, 0.15) is 6.10 Å². The van der Waals surface area contributed by atoms with Crippen molar-refractivity contribution in [2.24, 2.45) is 0 Å². The third kappa shape index (κ3) is 5.89. The highest BCUT2D eigenvalue weighted by Gasteiger charge is 2.14. The molecule has 0 bridgehead atoms. The van der Waals surface area contributed by atoms with Crippen molar-refractivity contribution in [3.63, 3.8) is 0 Å². The van der Waals surface area contributed by atoms with Gasteiger partial charge in [-0.25, -0.2) is 4.79 Å². The molecular formula is C13H18ClNO3. The molecule has 0 unspecified atom stereocenters. The van der Waals surface area contributed by atoms with Gasteiger partial charge in [-0.1, -0.05) is 18.2 Å². The minimum absolute atomic E-state index is 0.0801. The maximum Gasteiger partial charge on any atom is 0.412 e. The highest BCUT2D eigenvalue weighted by atomic mass is 35.5. The first-order chi connectivity index (χ1) is 8.61. The SMILES string of the molecule is CC(C)OC[C@H](CCl)OC(=O)Nc1ccccc1. The summed E-state index contributed by atoms with van der Waals surface area (Å²) in [5.74, 6) is 0.203. The summed E-state index contributed by atoms with van der Waals surface area (Å²) in [5, 5.41) is 2.62. The van der Waals surface area contributed by atoms with E-state index >= 15 is 0 Å². The van der Waals surface area contributed by atoms with E-state index in [-0.39, 0.29) is 12.0 Å². The molecule has 0 radical (unpaired) electrons. The number of amides is 1. The average Bonchev–Trinajstić information content (AvgIpc) is 2.35. The highest BCUT2D eigenvalue weighted by molar-refractivity contribution is 6.18. The number of ether oxygens (including phenoxy) is 2. The number of benzene rings is 1. The maximum absolute atomic E-state index is 11.6. The Morgan fingerprint density at radius 3 is 2.56 bits per heavy atom. The molecule has 0 saturated heterocycles. The summed E-state index contributed by atoms with van der Waals surface area (Å²) in [5.41, 5.74) is 0.681. The predicted molar refractivity (Wildman–Crippen MR) is 72.1 cm³/mol. The number of carbonyl (C=O) groups excluding carboxylic acids is 1. The second kappa shape index (κ2) is 7.95. The van der Waals surface area contributed by atoms with Crippen molar-refractivity contribution in [3.8, 4) is 0 Å². The van der Waals surface area contributed by atoms with Crippen LogP contribution in [0.1, 0.15) is 13.8 Å². The van der Waals surface area contributed by atoms with E-state index in [0.717, 1.165) is 0 Å². The van der Waals surface area contributed by atoms with Crippen molar-refractivity contribution in [3.05, 3.63) is 30.3 Å². The van der Waals surface area contributed by atoms with Crippen LogP contribution in [0.2, 0.25) is 0 Å². The number of halogens is 1. The molecule has 1 amide bonds. The first-order valence-corrected chi connectivity index (χ1v) is 6.35. The maximum atomic E-state index is 11.6. The lowest BCUT2D eigenvalue weighted by atomic mass is 10.3. The number of anilines is 1. The van der Waals surface area contributed by atoms with E-state index in [2.05, 4.69) is 5.32 Å². The molecule has 1 N–H and O–H groups in total. The molecule has 0 aliphatic heterocycles. The molecule has 0 aliphatic carbocycles. The number of carbonyl (C=O) groups is 1. The molecule has 0 heterocycles. The Morgan fingerprint density at radius 1 is 1.33 bits per heavy atom. The van der Waals surface area contributed by atoms with Crippen molar-refractivity contribution in [2.75, 3.05) is 17.8 Å². The lowest BCUT2D eigenvalue weighted by Crippen LogP contribution is -2.29. The zero-order valence-electron chi connectivity index (χ0n) is 10.6. The van der Waals surface area contributed by atoms with Gasteiger partial charge in [-0.2, -0.15) is 0 Å². The van der Waals surface area contributed by atoms with E-state index < -0.39 is 12.2 Å². The molecule has 18 heavy (non-hydrogen) atoms. The Kier molecular flexibility index (Phi) is 6.54. The second-order valence-electron chi connectivity index (χ2n) is 4.05. The number of hydrogen-bond donors (Lipinski definition) is 1. The number of rotatable bonds is 6. The monoisotopic (exact) mass is 271 g/mol. The van der Waals surface area contributed by atoms with Gasteiger partial charge < -0.3 is 9.47 Å². The fourth-order valence-corrected chi connectivity index (χ4v) is 1.38. The Morgan fingerprint density at radius 2 is 2.00 bits per heavy atom. The molecule has 0 saturated carbocycles. The van der Waals surface area contributed by atoms with Gasteiger partial charge in [0, 0.05) is 5.69 Å². The first kappa shape index (κ1) is 14.8. The molecular weight excluding hydrogens is 254 g/mol. The molecule has 0 fully saturated rings. The lowest BCUT2D eigenvalue weighted by molar-refractivity contribution is 0.00777. The topological polar surface area (TPSA) is 47.6 Å². The highest BCUT2D eigenvalue weighted by Crippen LogP contribution is 2.07. The number of hydrogen-bond acceptors (Lipinski definition) is 3. The normalized spacial score (nSPS) is 12.2. The molecule has 0 spiro atoms. The summed E-state index contributed by atoms with van der Waals surface area (Å²) in [6.45, 7) is 4.12. The minimum atomic E-state index is -0.529. The third-order valence-corrected chi connectivity index (χ3v) is 2.43. The summed E-state index contributed by atoms with van der Waals surface area (Å²) in [4.78, 5) is 11.6. The van der Waals surface area contributed by atoms with Gasteiger partial charge in [0.2, 0.25) is 0 Å². The van der Waals surface area contributed by atoms with Crippen molar-refractivity contribution in [2.45, 2.75) is 26.1 Å². The Balaban J connectivity index is 2.37. The van der Waals surface area contributed by atoms with E-state index in [1.807, 2.05) is 32.0 Å². The van der Waals surface area contributed by atoms with Crippen LogP contribution in [0, 0.1) is 0 Å². The van der Waals surface area contributed by atoms with Crippen molar-refractivity contribution < 1.29 is 14.3 Å². The van der Waals surface area contributed by atoms with Crippen LogP contribution >= 0.6 is 11.6 Å². The molecule has 5 heteroatoms. The van der Waals surface area contributed by atoms with Crippen LogP contribution in [0.3, 0.4) is 0 Å². The molecule has 0 aliphatic rings. The van der Waals surface area contributed by atoms with E-state index in [9.17, 15) is 4.79 Å². The fraction of sp³-hybridized carbons (Fsp3) is 0.462. The summed E-state index contributed by atoms with van der Waals surface area (Å²) in [6, 6.07) is 9.09. The number of nitrogens with one attached hydrogen (secondary N) is 1. The van der Waals surface area contributed by atoms with Crippen LogP contribution in [0.15, 0.2) is 30.3 Å². The molecule has 100 valence electrons. The van der Waals surface area contributed by atoms with Crippen molar-refractivity contribution >= 4 is 23.4 Å². The molecule has 0 aromatic heterocycles. The third-order valence-electron chi connectivity index (χ3n) is 2.08. The standard InChI is InChI=1S/C13H18ClNO3/c1-10(2)17-9-12(8-14)18-13(16)15-11-6-4-3-5-7-11/h3-7,10,12H,8-9H2,1-2H3,(H,15,16)/t12-/m0/s1. The lowest BCUT2D eigenvalue weighted by Gasteiger charge is -2.17. The average molecular weight is 272 g/mol. The predicted octanol–water partition coefficient (Wildman–Crippen LogP) is 3.27. The van der Waals surface area contributed by atoms with Gasteiger partial charge in [0.05, 0.1) is 18.6 Å². The molecule has 1 atom stereocenters. The van der Waals surface area contributed by atoms with Gasteiger partial charge >= 0.3 is 6.09 Å². The summed E-state index contributed by atoms with van der Waals surface area (Å²) in [6.07, 6.45) is -0.895. The van der Waals surface area contributed by atoms with E-state index in [0.29, 0.717) is 12.3 Å². The fourth-order valence-electron chi connectivity index (χ4n) is 1.23. The van der Waals surface area contributed by atoms with Crippen molar-refractivity contribution in [1.82, 2.24) is 0 Å². The van der Waals surface area contributed by atoms with Crippen LogP contribution in [-0.4, -0.2) is 30.8 Å². The van der Waals surface area contributed by atoms with Gasteiger partial charge in [-0.3, -0.25) is 5.32 Å². The Bertz CT molecular complexity index is 357. The van der Waals surface area contributed by atoms with E-state index in [1.54, 1.807) is 12.1 Å². The van der Waals surface area contributed by atoms with Gasteiger partial charge in [-0.15, -0.1) is 11.6 Å². The van der Waals surface area contributed by atoms with Crippen LogP contribution in [-0.2, 0) is 9.47 Å². The number of para-hydroxylation sites is 1.